The molecule has 18 heavy (non-hydrogen) atoms. The first-order chi connectivity index (χ1) is 8.66. The molecule has 0 amide bonds. The summed E-state index contributed by atoms with van der Waals surface area (Å²) in [6, 6.07) is 14.2. The van der Waals surface area contributed by atoms with Crippen molar-refractivity contribution in [1.82, 2.24) is 0 Å². The molecule has 0 unspecified atom stereocenters. The molecule has 3 heteroatoms. The van der Waals surface area contributed by atoms with Gasteiger partial charge in [0, 0.05) is 15.6 Å². The van der Waals surface area contributed by atoms with Crippen LogP contribution in [0.5, 0.6) is 5.75 Å². The highest BCUT2D eigenvalue weighted by molar-refractivity contribution is 9.10. The molecule has 0 spiro atoms. The third kappa shape index (κ3) is 3.08. The second-order valence-corrected chi connectivity index (χ2v) is 4.68. The van der Waals surface area contributed by atoms with Gasteiger partial charge in [-0.1, -0.05) is 52.3 Å². The van der Waals surface area contributed by atoms with Crippen LogP contribution in [-0.2, 0) is 0 Å². The van der Waals surface area contributed by atoms with Crippen molar-refractivity contribution in [2.24, 2.45) is 0 Å². The molecule has 0 atom stereocenters. The molecular weight excluding hydrogens is 292 g/mol. The molecular formula is C15H11BrO2. The molecule has 2 rings (SSSR count). The van der Waals surface area contributed by atoms with E-state index in [4.69, 9.17) is 0 Å². The van der Waals surface area contributed by atoms with Crippen LogP contribution in [0.25, 0.3) is 6.08 Å². The molecule has 0 aliphatic rings. The number of hydrogen-bond acceptors (Lipinski definition) is 2. The minimum atomic E-state index is -0.0853. The van der Waals surface area contributed by atoms with E-state index in [1.54, 1.807) is 30.3 Å². The Hall–Kier alpha value is -1.87. The molecule has 0 aliphatic heterocycles. The number of allylic oxidation sites excluding steroid dienone is 1. The number of carbonyl (C=O) groups excluding carboxylic acids is 1. The summed E-state index contributed by atoms with van der Waals surface area (Å²) in [5.74, 6) is 0.0550. The molecule has 2 nitrogen and oxygen atoms in total. The van der Waals surface area contributed by atoms with Crippen LogP contribution < -0.4 is 0 Å². The quantitative estimate of drug-likeness (QED) is 0.686. The highest BCUT2D eigenvalue weighted by Crippen LogP contribution is 2.23. The summed E-state index contributed by atoms with van der Waals surface area (Å²) in [5.41, 5.74) is 1.24. The first-order valence-corrected chi connectivity index (χ1v) is 6.22. The molecule has 0 saturated carbocycles. The zero-order valence-electron chi connectivity index (χ0n) is 9.51. The molecule has 2 aromatic carbocycles. The van der Waals surface area contributed by atoms with E-state index in [0.29, 0.717) is 11.1 Å². The van der Waals surface area contributed by atoms with Crippen molar-refractivity contribution in [3.63, 3.8) is 0 Å². The fourth-order valence-corrected chi connectivity index (χ4v) is 1.87. The zero-order chi connectivity index (χ0) is 13.0. The molecule has 0 bridgehead atoms. The van der Waals surface area contributed by atoms with Crippen LogP contribution in [0, 0.1) is 0 Å². The van der Waals surface area contributed by atoms with Crippen molar-refractivity contribution in [3.8, 4) is 5.75 Å². The number of phenolic OH excluding ortho intramolecular Hbond substituents is 1. The van der Waals surface area contributed by atoms with Crippen LogP contribution >= 0.6 is 15.9 Å². The van der Waals surface area contributed by atoms with Gasteiger partial charge in [-0.2, -0.15) is 0 Å². The van der Waals surface area contributed by atoms with E-state index in [9.17, 15) is 9.90 Å². The smallest absolute Gasteiger partial charge is 0.185 e. The van der Waals surface area contributed by atoms with E-state index >= 15 is 0 Å². The molecule has 0 aromatic heterocycles. The van der Waals surface area contributed by atoms with Gasteiger partial charge in [-0.25, -0.2) is 0 Å². The predicted molar refractivity (Wildman–Crippen MR) is 75.6 cm³/mol. The minimum absolute atomic E-state index is 0.0853. The fourth-order valence-electron chi connectivity index (χ4n) is 1.52. The molecule has 0 aliphatic carbocycles. The number of ketones is 1. The Morgan fingerprint density at radius 2 is 1.83 bits per heavy atom. The number of aromatic hydroxyl groups is 1. The standard InChI is InChI=1S/C15H11BrO2/c16-13-8-6-12(15(18)10-13)7-9-14(17)11-4-2-1-3-5-11/h1-10,18H/b9-7+. The normalized spacial score (nSPS) is 10.7. The molecule has 0 heterocycles. The topological polar surface area (TPSA) is 37.3 Å². The van der Waals surface area contributed by atoms with Crippen molar-refractivity contribution < 1.29 is 9.90 Å². The average Bonchev–Trinajstić information content (AvgIpc) is 2.38. The summed E-state index contributed by atoms with van der Waals surface area (Å²) in [7, 11) is 0. The van der Waals surface area contributed by atoms with E-state index in [1.807, 2.05) is 24.3 Å². The number of hydrogen-bond donors (Lipinski definition) is 1. The Kier molecular flexibility index (Phi) is 3.95. The van der Waals surface area contributed by atoms with E-state index in [1.165, 1.54) is 6.08 Å². The molecule has 1 N–H and O–H groups in total. The lowest BCUT2D eigenvalue weighted by Gasteiger charge is -1.99. The Bertz CT molecular complexity index is 589. The van der Waals surface area contributed by atoms with E-state index in [-0.39, 0.29) is 11.5 Å². The Morgan fingerprint density at radius 3 is 2.50 bits per heavy atom. The van der Waals surface area contributed by atoms with Gasteiger partial charge in [0.2, 0.25) is 0 Å². The maximum Gasteiger partial charge on any atom is 0.185 e. The molecule has 0 radical (unpaired) electrons. The Labute approximate surface area is 114 Å². The van der Waals surface area contributed by atoms with Crippen LogP contribution in [-0.4, -0.2) is 10.9 Å². The van der Waals surface area contributed by atoms with Crippen molar-refractivity contribution in [2.75, 3.05) is 0 Å². The minimum Gasteiger partial charge on any atom is -0.507 e. The van der Waals surface area contributed by atoms with Crippen LogP contribution in [0.15, 0.2) is 59.1 Å². The lowest BCUT2D eigenvalue weighted by Crippen LogP contribution is -1.92. The summed E-state index contributed by atoms with van der Waals surface area (Å²) in [5, 5.41) is 9.68. The van der Waals surface area contributed by atoms with E-state index in [2.05, 4.69) is 15.9 Å². The average molecular weight is 303 g/mol. The highest BCUT2D eigenvalue weighted by atomic mass is 79.9. The van der Waals surface area contributed by atoms with Crippen molar-refractivity contribution in [1.29, 1.82) is 0 Å². The van der Waals surface area contributed by atoms with Crippen molar-refractivity contribution in [2.45, 2.75) is 0 Å². The number of rotatable bonds is 3. The van der Waals surface area contributed by atoms with E-state index < -0.39 is 0 Å². The highest BCUT2D eigenvalue weighted by Gasteiger charge is 2.01. The van der Waals surface area contributed by atoms with Crippen LogP contribution in [0.3, 0.4) is 0 Å². The second kappa shape index (κ2) is 5.65. The van der Waals surface area contributed by atoms with E-state index in [0.717, 1.165) is 4.47 Å². The summed E-state index contributed by atoms with van der Waals surface area (Å²) >= 11 is 3.26. The van der Waals surface area contributed by atoms with Gasteiger partial charge in [0.1, 0.15) is 5.75 Å². The summed E-state index contributed by atoms with van der Waals surface area (Å²) in [6.07, 6.45) is 3.06. The van der Waals surface area contributed by atoms with Gasteiger partial charge in [-0.15, -0.1) is 0 Å². The summed E-state index contributed by atoms with van der Waals surface area (Å²) in [6.45, 7) is 0. The van der Waals surface area contributed by atoms with Crippen molar-refractivity contribution >= 4 is 27.8 Å². The van der Waals surface area contributed by atoms with Crippen LogP contribution in [0.2, 0.25) is 0 Å². The molecule has 0 saturated heterocycles. The lowest BCUT2D eigenvalue weighted by molar-refractivity contribution is 0.104. The van der Waals surface area contributed by atoms with Gasteiger partial charge in [-0.3, -0.25) is 4.79 Å². The molecule has 2 aromatic rings. The van der Waals surface area contributed by atoms with Gasteiger partial charge in [0.05, 0.1) is 0 Å². The van der Waals surface area contributed by atoms with Crippen LogP contribution in [0.1, 0.15) is 15.9 Å². The third-order valence-corrected chi connectivity index (χ3v) is 2.96. The lowest BCUT2D eigenvalue weighted by atomic mass is 10.1. The summed E-state index contributed by atoms with van der Waals surface area (Å²) < 4.78 is 0.798. The third-order valence-electron chi connectivity index (χ3n) is 2.47. The predicted octanol–water partition coefficient (Wildman–Crippen LogP) is 4.05. The number of halogens is 1. The van der Waals surface area contributed by atoms with Crippen molar-refractivity contribution in [3.05, 3.63) is 70.2 Å². The summed E-state index contributed by atoms with van der Waals surface area (Å²) in [4.78, 5) is 11.8. The number of benzene rings is 2. The zero-order valence-corrected chi connectivity index (χ0v) is 11.1. The van der Waals surface area contributed by atoms with Gasteiger partial charge < -0.3 is 5.11 Å². The monoisotopic (exact) mass is 302 g/mol. The maximum absolute atomic E-state index is 11.8. The largest absolute Gasteiger partial charge is 0.507 e. The number of phenols is 1. The van der Waals surface area contributed by atoms with Crippen LogP contribution in [0.4, 0.5) is 0 Å². The molecule has 0 fully saturated rings. The number of carbonyl (C=O) groups is 1. The molecule has 90 valence electrons. The Balaban J connectivity index is 2.19. The van der Waals surface area contributed by atoms with Gasteiger partial charge in [-0.05, 0) is 24.3 Å². The second-order valence-electron chi connectivity index (χ2n) is 3.77. The van der Waals surface area contributed by atoms with Gasteiger partial charge in [0.15, 0.2) is 5.78 Å². The SMILES string of the molecule is O=C(/C=C/c1ccc(Br)cc1O)c1ccccc1. The first-order valence-electron chi connectivity index (χ1n) is 5.43. The fraction of sp³-hybridized carbons (Fsp3) is 0. The Morgan fingerprint density at radius 1 is 1.11 bits per heavy atom. The maximum atomic E-state index is 11.8. The van der Waals surface area contributed by atoms with Gasteiger partial charge >= 0.3 is 0 Å². The first kappa shape index (κ1) is 12.6. The van der Waals surface area contributed by atoms with Gasteiger partial charge in [0.25, 0.3) is 0 Å².